The molecular formula is C21H28N2O2. The van der Waals surface area contributed by atoms with Crippen molar-refractivity contribution in [1.29, 1.82) is 0 Å². The smallest absolute Gasteiger partial charge is 0.227 e. The maximum absolute atomic E-state index is 13.0. The molecule has 1 amide bonds. The van der Waals surface area contributed by atoms with E-state index in [4.69, 9.17) is 0 Å². The van der Waals surface area contributed by atoms with E-state index >= 15 is 0 Å². The summed E-state index contributed by atoms with van der Waals surface area (Å²) in [6.07, 6.45) is 8.03. The first-order chi connectivity index (χ1) is 12.2. The maximum Gasteiger partial charge on any atom is 0.227 e. The third-order valence-corrected chi connectivity index (χ3v) is 6.06. The van der Waals surface area contributed by atoms with Crippen molar-refractivity contribution in [3.63, 3.8) is 0 Å². The van der Waals surface area contributed by atoms with E-state index in [1.54, 1.807) is 0 Å². The predicted octanol–water partition coefficient (Wildman–Crippen LogP) is 2.83. The highest BCUT2D eigenvalue weighted by Crippen LogP contribution is 2.25. The molecule has 134 valence electrons. The van der Waals surface area contributed by atoms with Crippen molar-refractivity contribution in [2.75, 3.05) is 26.2 Å². The van der Waals surface area contributed by atoms with Crippen LogP contribution in [0.4, 0.5) is 0 Å². The lowest BCUT2D eigenvalue weighted by atomic mass is 9.99. The molecule has 0 spiro atoms. The SMILES string of the molecule is O=C1CCc2cc(CC(=O)N3CCCC[C@H]3CN3CCCC3)ccc21. The Balaban J connectivity index is 1.42. The highest BCUT2D eigenvalue weighted by Gasteiger charge is 2.29. The molecule has 25 heavy (non-hydrogen) atoms. The standard InChI is InChI=1S/C21H28N2O2/c24-20-9-7-17-13-16(6-8-19(17)20)14-21(25)23-12-2-1-5-18(23)15-22-10-3-4-11-22/h6,8,13,18H,1-5,7,9-12,14-15H2/t18-/m0/s1. The minimum Gasteiger partial charge on any atom is -0.338 e. The minimum atomic E-state index is 0.245. The maximum atomic E-state index is 13.0. The van der Waals surface area contributed by atoms with Gasteiger partial charge in [-0.15, -0.1) is 0 Å². The van der Waals surface area contributed by atoms with Crippen LogP contribution in [0.2, 0.25) is 0 Å². The number of amides is 1. The number of aryl methyl sites for hydroxylation is 1. The van der Waals surface area contributed by atoms with Crippen molar-refractivity contribution in [2.45, 2.75) is 57.4 Å². The summed E-state index contributed by atoms with van der Waals surface area (Å²) < 4.78 is 0. The topological polar surface area (TPSA) is 40.6 Å². The van der Waals surface area contributed by atoms with Crippen LogP contribution in [0, 0.1) is 0 Å². The lowest BCUT2D eigenvalue weighted by Crippen LogP contribution is -2.49. The van der Waals surface area contributed by atoms with E-state index in [2.05, 4.69) is 15.9 Å². The fourth-order valence-corrected chi connectivity index (χ4v) is 4.68. The summed E-state index contributed by atoms with van der Waals surface area (Å²) in [5, 5.41) is 0. The first-order valence-corrected chi connectivity index (χ1v) is 9.87. The molecule has 4 nitrogen and oxygen atoms in total. The Morgan fingerprint density at radius 3 is 2.68 bits per heavy atom. The fourth-order valence-electron chi connectivity index (χ4n) is 4.68. The van der Waals surface area contributed by atoms with Crippen molar-refractivity contribution >= 4 is 11.7 Å². The molecule has 0 unspecified atom stereocenters. The van der Waals surface area contributed by atoms with E-state index in [9.17, 15) is 9.59 Å². The number of hydrogen-bond acceptors (Lipinski definition) is 3. The van der Waals surface area contributed by atoms with Crippen molar-refractivity contribution in [1.82, 2.24) is 9.80 Å². The minimum absolute atomic E-state index is 0.245. The van der Waals surface area contributed by atoms with Crippen LogP contribution in [-0.2, 0) is 17.6 Å². The van der Waals surface area contributed by atoms with Crippen LogP contribution in [0.15, 0.2) is 18.2 Å². The molecule has 0 saturated carbocycles. The lowest BCUT2D eigenvalue weighted by Gasteiger charge is -2.38. The van der Waals surface area contributed by atoms with Gasteiger partial charge in [-0.05, 0) is 62.7 Å². The second-order valence-corrected chi connectivity index (χ2v) is 7.84. The van der Waals surface area contributed by atoms with Crippen molar-refractivity contribution in [2.24, 2.45) is 0 Å². The molecule has 4 heteroatoms. The van der Waals surface area contributed by atoms with Crippen molar-refractivity contribution in [3.8, 4) is 0 Å². The van der Waals surface area contributed by atoms with Crippen LogP contribution in [0.1, 0.15) is 60.0 Å². The highest BCUT2D eigenvalue weighted by atomic mass is 16.2. The van der Waals surface area contributed by atoms with Gasteiger partial charge in [-0.1, -0.05) is 18.2 Å². The number of fused-ring (bicyclic) bond motifs is 1. The van der Waals surface area contributed by atoms with Gasteiger partial charge in [0, 0.05) is 31.1 Å². The molecule has 0 bridgehead atoms. The number of ketones is 1. The Bertz CT molecular complexity index is 664. The van der Waals surface area contributed by atoms with Gasteiger partial charge >= 0.3 is 0 Å². The van der Waals surface area contributed by atoms with Crippen molar-refractivity contribution < 1.29 is 9.59 Å². The van der Waals surface area contributed by atoms with Gasteiger partial charge in [-0.3, -0.25) is 9.59 Å². The van der Waals surface area contributed by atoms with E-state index in [1.807, 2.05) is 12.1 Å². The summed E-state index contributed by atoms with van der Waals surface area (Å²) in [6, 6.07) is 6.36. The summed E-state index contributed by atoms with van der Waals surface area (Å²) in [4.78, 5) is 29.4. The van der Waals surface area contributed by atoms with Gasteiger partial charge in [0.1, 0.15) is 0 Å². The summed E-state index contributed by atoms with van der Waals surface area (Å²) in [6.45, 7) is 4.33. The second-order valence-electron chi connectivity index (χ2n) is 7.84. The van der Waals surface area contributed by atoms with Crippen LogP contribution in [0.5, 0.6) is 0 Å². The molecule has 2 heterocycles. The van der Waals surface area contributed by atoms with Gasteiger partial charge < -0.3 is 9.80 Å². The van der Waals surface area contributed by atoms with Gasteiger partial charge in [-0.2, -0.15) is 0 Å². The molecule has 4 rings (SSSR count). The van der Waals surface area contributed by atoms with Gasteiger partial charge in [0.15, 0.2) is 5.78 Å². The van der Waals surface area contributed by atoms with E-state index in [0.29, 0.717) is 18.9 Å². The number of hydrogen-bond donors (Lipinski definition) is 0. The van der Waals surface area contributed by atoms with Crippen LogP contribution < -0.4 is 0 Å². The average molecular weight is 340 g/mol. The van der Waals surface area contributed by atoms with Gasteiger partial charge in [0.2, 0.25) is 5.91 Å². The Hall–Kier alpha value is -1.68. The molecule has 2 saturated heterocycles. The molecule has 0 N–H and O–H groups in total. The van der Waals surface area contributed by atoms with E-state index in [-0.39, 0.29) is 11.7 Å². The largest absolute Gasteiger partial charge is 0.338 e. The summed E-state index contributed by atoms with van der Waals surface area (Å²) in [7, 11) is 0. The average Bonchev–Trinajstić information content (AvgIpc) is 3.25. The summed E-state index contributed by atoms with van der Waals surface area (Å²) in [5.41, 5.74) is 3.05. The normalized spacial score (nSPS) is 23.9. The molecule has 2 fully saturated rings. The first-order valence-electron chi connectivity index (χ1n) is 9.87. The van der Waals surface area contributed by atoms with E-state index in [1.165, 1.54) is 32.4 Å². The van der Waals surface area contributed by atoms with Crippen LogP contribution >= 0.6 is 0 Å². The summed E-state index contributed by atoms with van der Waals surface area (Å²) in [5.74, 6) is 0.503. The molecule has 1 aromatic carbocycles. The summed E-state index contributed by atoms with van der Waals surface area (Å²) >= 11 is 0. The molecule has 3 aliphatic rings. The van der Waals surface area contributed by atoms with E-state index in [0.717, 1.165) is 49.0 Å². The Morgan fingerprint density at radius 2 is 1.84 bits per heavy atom. The zero-order valence-corrected chi connectivity index (χ0v) is 15.0. The Morgan fingerprint density at radius 1 is 1.04 bits per heavy atom. The lowest BCUT2D eigenvalue weighted by molar-refractivity contribution is -0.134. The van der Waals surface area contributed by atoms with Gasteiger partial charge in [-0.25, -0.2) is 0 Å². The van der Waals surface area contributed by atoms with Crippen LogP contribution in [0.3, 0.4) is 0 Å². The number of piperidine rings is 1. The Labute approximate surface area is 150 Å². The number of Topliss-reactive ketones (excluding diaryl/α,β-unsaturated/α-hetero) is 1. The second kappa shape index (κ2) is 7.28. The molecule has 2 aliphatic heterocycles. The number of rotatable bonds is 4. The first kappa shape index (κ1) is 16.8. The van der Waals surface area contributed by atoms with Crippen LogP contribution in [-0.4, -0.2) is 53.7 Å². The monoisotopic (exact) mass is 340 g/mol. The molecule has 0 aromatic heterocycles. The molecule has 1 aromatic rings. The quantitative estimate of drug-likeness (QED) is 0.846. The Kier molecular flexibility index (Phi) is 4.89. The predicted molar refractivity (Wildman–Crippen MR) is 97.8 cm³/mol. The number of nitrogens with zero attached hydrogens (tertiary/aromatic N) is 2. The van der Waals surface area contributed by atoms with Gasteiger partial charge in [0.05, 0.1) is 6.42 Å². The zero-order valence-electron chi connectivity index (χ0n) is 15.0. The van der Waals surface area contributed by atoms with Gasteiger partial charge in [0.25, 0.3) is 0 Å². The number of likely N-dealkylation sites (tertiary alicyclic amines) is 2. The number of carbonyl (C=O) groups is 2. The molecule has 0 radical (unpaired) electrons. The molecular weight excluding hydrogens is 312 g/mol. The van der Waals surface area contributed by atoms with Crippen LogP contribution in [0.25, 0.3) is 0 Å². The highest BCUT2D eigenvalue weighted by molar-refractivity contribution is 6.00. The third kappa shape index (κ3) is 3.64. The molecule has 1 atom stereocenters. The zero-order chi connectivity index (χ0) is 17.2. The van der Waals surface area contributed by atoms with Crippen molar-refractivity contribution in [3.05, 3.63) is 34.9 Å². The third-order valence-electron chi connectivity index (χ3n) is 6.06. The fraction of sp³-hybridized carbons (Fsp3) is 0.619. The molecule has 1 aliphatic carbocycles. The van der Waals surface area contributed by atoms with E-state index < -0.39 is 0 Å². The number of carbonyl (C=O) groups excluding carboxylic acids is 2. The number of benzene rings is 1.